The van der Waals surface area contributed by atoms with Crippen LogP contribution in [0.2, 0.25) is 0 Å². The molecule has 1 aromatic carbocycles. The van der Waals surface area contributed by atoms with Crippen molar-refractivity contribution in [2.75, 3.05) is 19.6 Å². The maximum atomic E-state index is 12.8. The predicted molar refractivity (Wildman–Crippen MR) is 106 cm³/mol. The van der Waals surface area contributed by atoms with Crippen LogP contribution in [0.3, 0.4) is 0 Å². The second-order valence-corrected chi connectivity index (χ2v) is 8.18. The van der Waals surface area contributed by atoms with E-state index in [1.165, 1.54) is 23.1 Å². The fourth-order valence-corrected chi connectivity index (χ4v) is 4.46. The van der Waals surface area contributed by atoms with Gasteiger partial charge in [0.15, 0.2) is 0 Å². The molecule has 2 amide bonds. The lowest BCUT2D eigenvalue weighted by atomic mass is 9.87. The first-order valence-electron chi connectivity index (χ1n) is 9.94. The summed E-state index contributed by atoms with van der Waals surface area (Å²) >= 11 is 0. The Bertz CT molecular complexity index is 864. The Balaban J connectivity index is 1.44. The van der Waals surface area contributed by atoms with Crippen LogP contribution >= 0.6 is 0 Å². The number of nitrogens with one attached hydrogen (secondary N) is 2. The van der Waals surface area contributed by atoms with E-state index >= 15 is 0 Å². The molecule has 1 fully saturated rings. The fraction of sp³-hybridized carbons (Fsp3) is 0.524. The van der Waals surface area contributed by atoms with Crippen molar-refractivity contribution in [2.24, 2.45) is 11.7 Å². The van der Waals surface area contributed by atoms with Gasteiger partial charge in [-0.05, 0) is 61.8 Å². The molecule has 1 saturated heterocycles. The number of likely N-dealkylation sites (tertiary alicyclic amines) is 1. The second kappa shape index (κ2) is 7.35. The standard InChI is InChI=1S/C21H28N4O2/c1-13-2-4-18-16(10-13)17-11-14(3-5-19(17)24-18)21(27)23-15-6-8-25(9-7-15)12-20(22)26/h3,5,11,13,15,24H,2,4,6-10,12H2,1H3,(H2,22,26)(H,23,27)/t13-/m0/s1. The number of rotatable bonds is 4. The average molecular weight is 368 g/mol. The number of amides is 2. The summed E-state index contributed by atoms with van der Waals surface area (Å²) in [6, 6.07) is 6.13. The van der Waals surface area contributed by atoms with Gasteiger partial charge in [0, 0.05) is 41.3 Å². The molecule has 27 heavy (non-hydrogen) atoms. The van der Waals surface area contributed by atoms with Crippen molar-refractivity contribution in [1.82, 2.24) is 15.2 Å². The molecule has 1 aliphatic carbocycles. The summed E-state index contributed by atoms with van der Waals surface area (Å²) in [5, 5.41) is 4.36. The monoisotopic (exact) mass is 368 g/mol. The molecule has 0 radical (unpaired) electrons. The van der Waals surface area contributed by atoms with E-state index in [4.69, 9.17) is 5.73 Å². The molecule has 0 spiro atoms. The highest BCUT2D eigenvalue weighted by atomic mass is 16.2. The Kier molecular flexibility index (Phi) is 4.91. The summed E-state index contributed by atoms with van der Waals surface area (Å²) < 4.78 is 0. The van der Waals surface area contributed by atoms with Crippen LogP contribution in [-0.4, -0.2) is 47.4 Å². The minimum atomic E-state index is -0.296. The summed E-state index contributed by atoms with van der Waals surface area (Å²) in [4.78, 5) is 29.4. The van der Waals surface area contributed by atoms with Crippen LogP contribution in [0.5, 0.6) is 0 Å². The zero-order valence-electron chi connectivity index (χ0n) is 15.9. The SMILES string of the molecule is C[C@H]1CCc2[nH]c3ccc(C(=O)NC4CCN(CC(N)=O)CC4)cc3c2C1. The van der Waals surface area contributed by atoms with Gasteiger partial charge in [0.25, 0.3) is 5.91 Å². The highest BCUT2D eigenvalue weighted by Gasteiger charge is 2.23. The maximum Gasteiger partial charge on any atom is 0.251 e. The molecule has 1 aromatic heterocycles. The van der Waals surface area contributed by atoms with Crippen LogP contribution in [0.1, 0.15) is 47.8 Å². The quantitative estimate of drug-likeness (QED) is 0.770. The largest absolute Gasteiger partial charge is 0.369 e. The lowest BCUT2D eigenvalue weighted by Gasteiger charge is -2.31. The van der Waals surface area contributed by atoms with Crippen molar-refractivity contribution in [3.63, 3.8) is 0 Å². The van der Waals surface area contributed by atoms with E-state index in [2.05, 4.69) is 17.2 Å². The van der Waals surface area contributed by atoms with Gasteiger partial charge in [-0.3, -0.25) is 14.5 Å². The molecule has 6 nitrogen and oxygen atoms in total. The zero-order valence-corrected chi connectivity index (χ0v) is 15.9. The van der Waals surface area contributed by atoms with Crippen LogP contribution in [0.15, 0.2) is 18.2 Å². The number of hydrogen-bond donors (Lipinski definition) is 3. The van der Waals surface area contributed by atoms with E-state index in [1.807, 2.05) is 23.1 Å². The molecule has 2 aliphatic rings. The van der Waals surface area contributed by atoms with Crippen LogP contribution in [0.25, 0.3) is 10.9 Å². The molecule has 144 valence electrons. The number of aromatic nitrogens is 1. The number of benzene rings is 1. The van der Waals surface area contributed by atoms with Gasteiger partial charge >= 0.3 is 0 Å². The predicted octanol–water partition coefficient (Wildman–Crippen LogP) is 1.97. The number of carbonyl (C=O) groups excluding carboxylic acids is 2. The summed E-state index contributed by atoms with van der Waals surface area (Å²) in [5.41, 5.74) is 9.83. The van der Waals surface area contributed by atoms with Crippen molar-refractivity contribution in [2.45, 2.75) is 45.1 Å². The molecule has 4 N–H and O–H groups in total. The molecule has 0 bridgehead atoms. The molecular weight excluding hydrogens is 340 g/mol. The Labute approximate surface area is 159 Å². The third kappa shape index (κ3) is 3.86. The number of nitrogens with two attached hydrogens (primary N) is 1. The lowest BCUT2D eigenvalue weighted by molar-refractivity contribution is -0.119. The summed E-state index contributed by atoms with van der Waals surface area (Å²) in [6.07, 6.45) is 5.09. The number of fused-ring (bicyclic) bond motifs is 3. The summed E-state index contributed by atoms with van der Waals surface area (Å²) in [6.45, 7) is 4.17. The number of aromatic amines is 1. The van der Waals surface area contributed by atoms with E-state index in [1.54, 1.807) is 0 Å². The van der Waals surface area contributed by atoms with E-state index < -0.39 is 0 Å². The molecule has 1 aliphatic heterocycles. The highest BCUT2D eigenvalue weighted by Crippen LogP contribution is 2.32. The van der Waals surface area contributed by atoms with E-state index in [-0.39, 0.29) is 17.9 Å². The van der Waals surface area contributed by atoms with Crippen LogP contribution in [-0.2, 0) is 17.6 Å². The topological polar surface area (TPSA) is 91.2 Å². The highest BCUT2D eigenvalue weighted by molar-refractivity contribution is 5.99. The lowest BCUT2D eigenvalue weighted by Crippen LogP contribution is -2.46. The van der Waals surface area contributed by atoms with E-state index in [0.717, 1.165) is 49.9 Å². The van der Waals surface area contributed by atoms with Crippen LogP contribution < -0.4 is 11.1 Å². The molecule has 0 saturated carbocycles. The number of H-pyrrole nitrogens is 1. The van der Waals surface area contributed by atoms with Crippen molar-refractivity contribution < 1.29 is 9.59 Å². The molecule has 1 atom stereocenters. The van der Waals surface area contributed by atoms with E-state index in [9.17, 15) is 9.59 Å². The third-order valence-electron chi connectivity index (χ3n) is 6.00. The molecule has 2 aromatic rings. The van der Waals surface area contributed by atoms with Gasteiger partial charge in [-0.2, -0.15) is 0 Å². The first-order chi connectivity index (χ1) is 13.0. The van der Waals surface area contributed by atoms with Gasteiger partial charge in [0.2, 0.25) is 5.91 Å². The minimum Gasteiger partial charge on any atom is -0.369 e. The minimum absolute atomic E-state index is 0.0101. The van der Waals surface area contributed by atoms with Crippen molar-refractivity contribution in [3.8, 4) is 0 Å². The third-order valence-corrected chi connectivity index (χ3v) is 6.00. The Morgan fingerprint density at radius 1 is 1.26 bits per heavy atom. The first kappa shape index (κ1) is 18.0. The number of primary amides is 1. The molecule has 0 unspecified atom stereocenters. The zero-order chi connectivity index (χ0) is 19.0. The smallest absolute Gasteiger partial charge is 0.251 e. The number of piperidine rings is 1. The van der Waals surface area contributed by atoms with Gasteiger partial charge in [-0.25, -0.2) is 0 Å². The second-order valence-electron chi connectivity index (χ2n) is 8.18. The Morgan fingerprint density at radius 3 is 2.78 bits per heavy atom. The van der Waals surface area contributed by atoms with Crippen LogP contribution in [0.4, 0.5) is 0 Å². The molecule has 6 heteroatoms. The number of carbonyl (C=O) groups is 2. The first-order valence-corrected chi connectivity index (χ1v) is 9.94. The van der Waals surface area contributed by atoms with Gasteiger partial charge in [-0.15, -0.1) is 0 Å². The van der Waals surface area contributed by atoms with Crippen LogP contribution in [0, 0.1) is 5.92 Å². The molecule has 2 heterocycles. The summed E-state index contributed by atoms with van der Waals surface area (Å²) in [7, 11) is 0. The Hall–Kier alpha value is -2.34. The van der Waals surface area contributed by atoms with Gasteiger partial charge < -0.3 is 16.0 Å². The van der Waals surface area contributed by atoms with Crippen molar-refractivity contribution >= 4 is 22.7 Å². The maximum absolute atomic E-state index is 12.8. The number of nitrogens with zero attached hydrogens (tertiary/aromatic N) is 1. The summed E-state index contributed by atoms with van der Waals surface area (Å²) in [5.74, 6) is 0.388. The van der Waals surface area contributed by atoms with Crippen molar-refractivity contribution in [1.29, 1.82) is 0 Å². The van der Waals surface area contributed by atoms with Crippen molar-refractivity contribution in [3.05, 3.63) is 35.0 Å². The fourth-order valence-electron chi connectivity index (χ4n) is 4.46. The molecule has 4 rings (SSSR count). The molecular formula is C21H28N4O2. The normalized spacial score (nSPS) is 21.1. The van der Waals surface area contributed by atoms with Gasteiger partial charge in [-0.1, -0.05) is 6.92 Å². The number of aryl methyl sites for hydroxylation is 1. The Morgan fingerprint density at radius 2 is 2.04 bits per heavy atom. The number of hydrogen-bond acceptors (Lipinski definition) is 3. The van der Waals surface area contributed by atoms with E-state index in [0.29, 0.717) is 12.5 Å². The van der Waals surface area contributed by atoms with Gasteiger partial charge in [0.1, 0.15) is 0 Å². The average Bonchev–Trinajstić information content (AvgIpc) is 3.00. The van der Waals surface area contributed by atoms with Gasteiger partial charge in [0.05, 0.1) is 6.54 Å².